The molecule has 0 unspecified atom stereocenters. The van der Waals surface area contributed by atoms with Crippen LogP contribution in [-0.4, -0.2) is 29.7 Å². The van der Waals surface area contributed by atoms with E-state index >= 15 is 0 Å². The molecule has 1 N–H and O–H groups in total. The molecule has 24 heavy (non-hydrogen) atoms. The van der Waals surface area contributed by atoms with Crippen LogP contribution in [0.15, 0.2) is 45.8 Å². The largest absolute Gasteiger partial charge is 0.496 e. The molecule has 6 nitrogen and oxygen atoms in total. The van der Waals surface area contributed by atoms with E-state index in [9.17, 15) is 8.42 Å². The summed E-state index contributed by atoms with van der Waals surface area (Å²) in [5.41, 5.74) is 0.624. The lowest BCUT2D eigenvalue weighted by atomic mass is 10.2. The van der Waals surface area contributed by atoms with Gasteiger partial charge in [0, 0.05) is 6.54 Å². The van der Waals surface area contributed by atoms with Crippen LogP contribution in [0.4, 0.5) is 0 Å². The second kappa shape index (κ2) is 7.87. The lowest BCUT2D eigenvalue weighted by Gasteiger charge is -2.14. The van der Waals surface area contributed by atoms with Crippen LogP contribution in [-0.2, 0) is 16.6 Å². The molecule has 130 valence electrons. The van der Waals surface area contributed by atoms with Gasteiger partial charge in [0.25, 0.3) is 0 Å². The monoisotopic (exact) mass is 415 g/mol. The molecule has 0 aliphatic heterocycles. The maximum atomic E-state index is 12.5. The molecular formula is C16H18BrNO5S. The number of halogens is 1. The third-order valence-electron chi connectivity index (χ3n) is 3.40. The zero-order valence-corrected chi connectivity index (χ0v) is 15.9. The van der Waals surface area contributed by atoms with Crippen molar-refractivity contribution in [3.05, 3.63) is 46.4 Å². The second-order valence-corrected chi connectivity index (χ2v) is 7.38. The van der Waals surface area contributed by atoms with Crippen LogP contribution in [0.5, 0.6) is 17.2 Å². The van der Waals surface area contributed by atoms with Crippen LogP contribution in [0.2, 0.25) is 0 Å². The predicted octanol–water partition coefficient (Wildman–Crippen LogP) is 2.95. The minimum atomic E-state index is -3.70. The zero-order valence-electron chi connectivity index (χ0n) is 13.5. The summed E-state index contributed by atoms with van der Waals surface area (Å²) in [6, 6.07) is 9.82. The Balaban J connectivity index is 2.27. The molecule has 0 aromatic heterocycles. The Kier molecular flexibility index (Phi) is 6.09. The molecule has 0 atom stereocenters. The van der Waals surface area contributed by atoms with Crippen molar-refractivity contribution in [2.45, 2.75) is 11.4 Å². The number of rotatable bonds is 7. The quantitative estimate of drug-likeness (QED) is 0.752. The topological polar surface area (TPSA) is 73.9 Å². The minimum Gasteiger partial charge on any atom is -0.496 e. The third kappa shape index (κ3) is 4.00. The van der Waals surface area contributed by atoms with E-state index in [1.54, 1.807) is 24.3 Å². The van der Waals surface area contributed by atoms with Crippen molar-refractivity contribution in [1.29, 1.82) is 0 Å². The highest BCUT2D eigenvalue weighted by Crippen LogP contribution is 2.30. The Hall–Kier alpha value is -1.77. The first-order valence-corrected chi connectivity index (χ1v) is 9.23. The summed E-state index contributed by atoms with van der Waals surface area (Å²) in [4.78, 5) is 0.129. The molecule has 0 saturated heterocycles. The Morgan fingerprint density at radius 3 is 2.04 bits per heavy atom. The molecule has 2 aromatic carbocycles. The fourth-order valence-electron chi connectivity index (χ4n) is 2.17. The van der Waals surface area contributed by atoms with E-state index in [0.29, 0.717) is 27.3 Å². The van der Waals surface area contributed by atoms with Gasteiger partial charge in [0.15, 0.2) is 0 Å². The number of hydrogen-bond donors (Lipinski definition) is 1. The van der Waals surface area contributed by atoms with Gasteiger partial charge in [-0.2, -0.15) is 0 Å². The smallest absolute Gasteiger partial charge is 0.240 e. The molecule has 0 amide bonds. The van der Waals surface area contributed by atoms with Gasteiger partial charge in [0.2, 0.25) is 10.0 Å². The molecule has 2 aromatic rings. The van der Waals surface area contributed by atoms with Crippen LogP contribution in [0.3, 0.4) is 0 Å². The van der Waals surface area contributed by atoms with Crippen molar-refractivity contribution in [1.82, 2.24) is 4.72 Å². The minimum absolute atomic E-state index is 0.0408. The number of hydrogen-bond acceptors (Lipinski definition) is 5. The van der Waals surface area contributed by atoms with Crippen LogP contribution in [0.1, 0.15) is 5.56 Å². The summed E-state index contributed by atoms with van der Waals surface area (Å²) in [7, 11) is 0.854. The lowest BCUT2D eigenvalue weighted by molar-refractivity contribution is 0.384. The molecular weight excluding hydrogens is 398 g/mol. The summed E-state index contributed by atoms with van der Waals surface area (Å²) in [6.07, 6.45) is 0. The molecule has 0 saturated carbocycles. The van der Waals surface area contributed by atoms with Crippen LogP contribution in [0.25, 0.3) is 0 Å². The van der Waals surface area contributed by atoms with Crippen LogP contribution < -0.4 is 18.9 Å². The molecule has 0 fully saturated rings. The van der Waals surface area contributed by atoms with E-state index in [2.05, 4.69) is 20.7 Å². The standard InChI is InChI=1S/C16H18BrNO5S/c1-21-14-5-4-6-15(22-2)12(14)10-18-24(19,20)11-7-8-16(23-3)13(17)9-11/h4-9,18H,10H2,1-3H3. The molecule has 2 rings (SSSR count). The van der Waals surface area contributed by atoms with E-state index in [1.165, 1.54) is 33.5 Å². The molecule has 0 aliphatic rings. The van der Waals surface area contributed by atoms with Crippen LogP contribution in [0, 0.1) is 0 Å². The van der Waals surface area contributed by atoms with Gasteiger partial charge in [-0.15, -0.1) is 0 Å². The van der Waals surface area contributed by atoms with Gasteiger partial charge in [-0.3, -0.25) is 0 Å². The number of ether oxygens (including phenoxy) is 3. The second-order valence-electron chi connectivity index (χ2n) is 4.76. The summed E-state index contributed by atoms with van der Waals surface area (Å²) in [5, 5.41) is 0. The maximum Gasteiger partial charge on any atom is 0.240 e. The van der Waals surface area contributed by atoms with Gasteiger partial charge in [-0.1, -0.05) is 6.07 Å². The van der Waals surface area contributed by atoms with E-state index in [1.807, 2.05) is 0 Å². The first-order valence-electron chi connectivity index (χ1n) is 6.96. The molecule has 0 spiro atoms. The Morgan fingerprint density at radius 1 is 0.958 bits per heavy atom. The molecule has 0 heterocycles. The summed E-state index contributed by atoms with van der Waals surface area (Å²) >= 11 is 3.28. The van der Waals surface area contributed by atoms with Gasteiger partial charge in [0.05, 0.1) is 36.3 Å². The molecule has 0 aliphatic carbocycles. The number of sulfonamides is 1. The highest BCUT2D eigenvalue weighted by Gasteiger charge is 2.18. The third-order valence-corrected chi connectivity index (χ3v) is 5.42. The Labute approximate surface area is 149 Å². The Morgan fingerprint density at radius 2 is 1.54 bits per heavy atom. The summed E-state index contributed by atoms with van der Waals surface area (Å²) in [6.45, 7) is 0.0408. The predicted molar refractivity (Wildman–Crippen MR) is 94.3 cm³/mol. The Bertz CT molecular complexity index is 801. The van der Waals surface area contributed by atoms with Crippen molar-refractivity contribution in [3.63, 3.8) is 0 Å². The molecule has 0 bridgehead atoms. The van der Waals surface area contributed by atoms with Gasteiger partial charge < -0.3 is 14.2 Å². The normalized spacial score (nSPS) is 11.2. The van der Waals surface area contributed by atoms with Gasteiger partial charge >= 0.3 is 0 Å². The fourth-order valence-corrected chi connectivity index (χ4v) is 3.88. The van der Waals surface area contributed by atoms with Crippen molar-refractivity contribution in [3.8, 4) is 17.2 Å². The van der Waals surface area contributed by atoms with E-state index < -0.39 is 10.0 Å². The molecule has 8 heteroatoms. The van der Waals surface area contributed by atoms with Crippen molar-refractivity contribution in [2.24, 2.45) is 0 Å². The van der Waals surface area contributed by atoms with E-state index in [-0.39, 0.29) is 11.4 Å². The highest BCUT2D eigenvalue weighted by atomic mass is 79.9. The van der Waals surface area contributed by atoms with Crippen molar-refractivity contribution >= 4 is 26.0 Å². The van der Waals surface area contributed by atoms with Gasteiger partial charge in [0.1, 0.15) is 17.2 Å². The first-order chi connectivity index (χ1) is 11.4. The highest BCUT2D eigenvalue weighted by molar-refractivity contribution is 9.10. The maximum absolute atomic E-state index is 12.5. The fraction of sp³-hybridized carbons (Fsp3) is 0.250. The number of benzene rings is 2. The average molecular weight is 416 g/mol. The lowest BCUT2D eigenvalue weighted by Crippen LogP contribution is -2.23. The summed E-state index contributed by atoms with van der Waals surface area (Å²) in [5.74, 6) is 1.65. The molecule has 0 radical (unpaired) electrons. The van der Waals surface area contributed by atoms with Gasteiger partial charge in [-0.25, -0.2) is 13.1 Å². The number of nitrogens with one attached hydrogen (secondary N) is 1. The van der Waals surface area contributed by atoms with Crippen LogP contribution >= 0.6 is 15.9 Å². The first kappa shape index (κ1) is 18.6. The zero-order chi connectivity index (χ0) is 17.7. The summed E-state index contributed by atoms with van der Waals surface area (Å²) < 4.78 is 43.8. The van der Waals surface area contributed by atoms with E-state index in [4.69, 9.17) is 14.2 Å². The van der Waals surface area contributed by atoms with E-state index in [0.717, 1.165) is 0 Å². The van der Waals surface area contributed by atoms with Crippen molar-refractivity contribution < 1.29 is 22.6 Å². The van der Waals surface area contributed by atoms with Gasteiger partial charge in [-0.05, 0) is 46.3 Å². The number of methoxy groups -OCH3 is 3. The SMILES string of the molecule is COc1ccc(S(=O)(=O)NCc2c(OC)cccc2OC)cc1Br. The average Bonchev–Trinajstić information content (AvgIpc) is 2.59. The van der Waals surface area contributed by atoms with Crippen molar-refractivity contribution in [2.75, 3.05) is 21.3 Å².